The molecule has 16 heavy (non-hydrogen) atoms. The van der Waals surface area contributed by atoms with Gasteiger partial charge in [0.15, 0.2) is 0 Å². The summed E-state index contributed by atoms with van der Waals surface area (Å²) in [7, 11) is 0. The van der Waals surface area contributed by atoms with Gasteiger partial charge in [0, 0.05) is 5.69 Å². The van der Waals surface area contributed by atoms with Gasteiger partial charge in [-0.05, 0) is 18.4 Å². The zero-order valence-electron chi connectivity index (χ0n) is 8.35. The highest BCUT2D eigenvalue weighted by Gasteiger charge is 2.18. The number of H-pyrrole nitrogens is 1. The molecule has 0 saturated carbocycles. The van der Waals surface area contributed by atoms with E-state index in [2.05, 4.69) is 9.97 Å². The minimum absolute atomic E-state index is 0.0436. The quantitative estimate of drug-likeness (QED) is 0.827. The van der Waals surface area contributed by atoms with E-state index in [1.54, 1.807) is 24.4 Å². The van der Waals surface area contributed by atoms with Crippen LogP contribution in [0.25, 0.3) is 10.6 Å². The maximum atomic E-state index is 11.2. The molecule has 5 nitrogen and oxygen atoms in total. The number of nitrogens with one attached hydrogen (secondary N) is 1. The maximum absolute atomic E-state index is 11.2. The van der Waals surface area contributed by atoms with Crippen LogP contribution >= 0.6 is 11.3 Å². The molecule has 0 bridgehead atoms. The van der Waals surface area contributed by atoms with Gasteiger partial charge in [-0.15, -0.1) is 11.3 Å². The van der Waals surface area contributed by atoms with Crippen LogP contribution in [0.5, 0.6) is 0 Å². The molecule has 2 N–H and O–H groups in total. The summed E-state index contributed by atoms with van der Waals surface area (Å²) in [6.07, 6.45) is 0. The largest absolute Gasteiger partial charge is 0.478 e. The highest BCUT2D eigenvalue weighted by atomic mass is 32.1. The molecule has 0 aliphatic rings. The van der Waals surface area contributed by atoms with Crippen molar-refractivity contribution in [1.29, 1.82) is 0 Å². The molecule has 2 rings (SSSR count). The lowest BCUT2D eigenvalue weighted by Gasteiger charge is -2.04. The van der Waals surface area contributed by atoms with E-state index in [-0.39, 0.29) is 11.3 Å². The number of nitrogens with zero attached hydrogens (tertiary/aromatic N) is 1. The second kappa shape index (κ2) is 3.90. The predicted octanol–water partition coefficient (Wildman–Crippen LogP) is 1.51. The molecule has 0 atom stereocenters. The number of aryl methyl sites for hydroxylation is 1. The van der Waals surface area contributed by atoms with Crippen LogP contribution in [-0.4, -0.2) is 21.0 Å². The first-order valence-electron chi connectivity index (χ1n) is 4.47. The lowest BCUT2D eigenvalue weighted by molar-refractivity contribution is 0.0696. The highest BCUT2D eigenvalue weighted by Crippen LogP contribution is 2.26. The third-order valence-electron chi connectivity index (χ3n) is 2.09. The van der Waals surface area contributed by atoms with Crippen LogP contribution in [0.2, 0.25) is 0 Å². The number of hydrogen-bond acceptors (Lipinski definition) is 4. The van der Waals surface area contributed by atoms with Gasteiger partial charge < -0.3 is 10.1 Å². The second-order valence-electron chi connectivity index (χ2n) is 3.17. The number of aromatic carboxylic acids is 1. The van der Waals surface area contributed by atoms with Gasteiger partial charge in [-0.1, -0.05) is 6.07 Å². The second-order valence-corrected chi connectivity index (χ2v) is 4.12. The molecule has 0 aliphatic heterocycles. The molecule has 6 heteroatoms. The van der Waals surface area contributed by atoms with Crippen LogP contribution < -0.4 is 5.69 Å². The molecule has 0 spiro atoms. The van der Waals surface area contributed by atoms with Gasteiger partial charge in [-0.25, -0.2) is 9.59 Å². The molecule has 0 unspecified atom stereocenters. The molecule has 2 heterocycles. The Morgan fingerprint density at radius 1 is 1.56 bits per heavy atom. The van der Waals surface area contributed by atoms with E-state index in [1.807, 2.05) is 0 Å². The lowest BCUT2D eigenvalue weighted by Crippen LogP contribution is -2.18. The molecular weight excluding hydrogens is 228 g/mol. The van der Waals surface area contributed by atoms with Crippen LogP contribution in [0, 0.1) is 6.92 Å². The van der Waals surface area contributed by atoms with E-state index in [0.29, 0.717) is 10.6 Å². The van der Waals surface area contributed by atoms with Crippen molar-refractivity contribution >= 4 is 17.3 Å². The molecule has 0 aliphatic carbocycles. The van der Waals surface area contributed by atoms with Gasteiger partial charge in [0.25, 0.3) is 0 Å². The number of hydrogen-bond donors (Lipinski definition) is 2. The summed E-state index contributed by atoms with van der Waals surface area (Å²) in [5.74, 6) is -1.09. The van der Waals surface area contributed by atoms with Crippen molar-refractivity contribution in [3.05, 3.63) is 39.3 Å². The summed E-state index contributed by atoms with van der Waals surface area (Å²) in [4.78, 5) is 29.1. The van der Waals surface area contributed by atoms with Crippen LogP contribution in [0.1, 0.15) is 16.1 Å². The summed E-state index contributed by atoms with van der Waals surface area (Å²) in [6.45, 7) is 1.55. The first kappa shape index (κ1) is 10.6. The summed E-state index contributed by atoms with van der Waals surface area (Å²) in [6, 6.07) is 3.52. The summed E-state index contributed by atoms with van der Waals surface area (Å²) >= 11 is 1.35. The summed E-state index contributed by atoms with van der Waals surface area (Å²) < 4.78 is 0. The number of aromatic amines is 1. The predicted molar refractivity (Wildman–Crippen MR) is 59.9 cm³/mol. The Morgan fingerprint density at radius 2 is 2.31 bits per heavy atom. The van der Waals surface area contributed by atoms with E-state index in [4.69, 9.17) is 5.11 Å². The van der Waals surface area contributed by atoms with Crippen LogP contribution in [-0.2, 0) is 0 Å². The summed E-state index contributed by atoms with van der Waals surface area (Å²) in [5, 5.41) is 10.9. The first-order valence-corrected chi connectivity index (χ1v) is 5.35. The molecule has 0 fully saturated rings. The molecule has 0 saturated heterocycles. The van der Waals surface area contributed by atoms with E-state index in [1.165, 1.54) is 11.3 Å². The highest BCUT2D eigenvalue weighted by molar-refractivity contribution is 7.13. The minimum atomic E-state index is -1.09. The van der Waals surface area contributed by atoms with Gasteiger partial charge in [0.1, 0.15) is 11.3 Å². The number of carbonyl (C=O) groups is 1. The average molecular weight is 236 g/mol. The fourth-order valence-electron chi connectivity index (χ4n) is 1.44. The van der Waals surface area contributed by atoms with Crippen LogP contribution in [0.15, 0.2) is 22.3 Å². The number of carboxylic acids is 1. The van der Waals surface area contributed by atoms with Gasteiger partial charge in [-0.3, -0.25) is 0 Å². The Balaban J connectivity index is 2.77. The van der Waals surface area contributed by atoms with E-state index >= 15 is 0 Å². The van der Waals surface area contributed by atoms with Crippen molar-refractivity contribution in [3.8, 4) is 10.6 Å². The normalized spacial score (nSPS) is 10.3. The average Bonchev–Trinajstić information content (AvgIpc) is 2.67. The Hall–Kier alpha value is -1.95. The zero-order valence-corrected chi connectivity index (χ0v) is 9.17. The molecule has 0 amide bonds. The van der Waals surface area contributed by atoms with Gasteiger partial charge >= 0.3 is 11.7 Å². The van der Waals surface area contributed by atoms with Crippen LogP contribution in [0.4, 0.5) is 0 Å². The molecule has 82 valence electrons. The van der Waals surface area contributed by atoms with Crippen molar-refractivity contribution in [2.24, 2.45) is 0 Å². The Kier molecular flexibility index (Phi) is 2.57. The molecule has 2 aromatic heterocycles. The van der Waals surface area contributed by atoms with Crippen molar-refractivity contribution in [2.45, 2.75) is 6.92 Å². The molecule has 0 aromatic carbocycles. The van der Waals surface area contributed by atoms with E-state index in [0.717, 1.165) is 0 Å². The first-order chi connectivity index (χ1) is 7.59. The van der Waals surface area contributed by atoms with Crippen molar-refractivity contribution in [2.75, 3.05) is 0 Å². The smallest absolute Gasteiger partial charge is 0.345 e. The van der Waals surface area contributed by atoms with E-state index in [9.17, 15) is 9.59 Å². The zero-order chi connectivity index (χ0) is 11.7. The van der Waals surface area contributed by atoms with Crippen molar-refractivity contribution < 1.29 is 9.90 Å². The molecule has 2 aromatic rings. The number of thiophene rings is 1. The third-order valence-corrected chi connectivity index (χ3v) is 2.96. The fraction of sp³-hybridized carbons (Fsp3) is 0.100. The SMILES string of the molecule is Cc1[nH]c(=O)nc(-c2cccs2)c1C(=O)O. The lowest BCUT2D eigenvalue weighted by atomic mass is 10.1. The van der Waals surface area contributed by atoms with Crippen LogP contribution in [0.3, 0.4) is 0 Å². The maximum Gasteiger partial charge on any atom is 0.345 e. The number of aromatic nitrogens is 2. The fourth-order valence-corrected chi connectivity index (χ4v) is 2.16. The molecule has 0 radical (unpaired) electrons. The van der Waals surface area contributed by atoms with Crippen molar-refractivity contribution in [1.82, 2.24) is 9.97 Å². The Bertz CT molecular complexity index is 587. The summed E-state index contributed by atoms with van der Waals surface area (Å²) in [5.41, 5.74) is 0.0487. The topological polar surface area (TPSA) is 83.0 Å². The van der Waals surface area contributed by atoms with Crippen molar-refractivity contribution in [3.63, 3.8) is 0 Å². The number of rotatable bonds is 2. The van der Waals surface area contributed by atoms with Gasteiger partial charge in [0.2, 0.25) is 0 Å². The Morgan fingerprint density at radius 3 is 2.88 bits per heavy atom. The van der Waals surface area contributed by atoms with Gasteiger partial charge in [-0.2, -0.15) is 4.98 Å². The van der Waals surface area contributed by atoms with Gasteiger partial charge in [0.05, 0.1) is 4.88 Å². The minimum Gasteiger partial charge on any atom is -0.478 e. The third kappa shape index (κ3) is 1.74. The number of carboxylic acid groups (broad SMARTS) is 1. The standard InChI is InChI=1S/C10H8N2O3S/c1-5-7(9(13)14)8(12-10(15)11-5)6-3-2-4-16-6/h2-4H,1H3,(H,13,14)(H,11,12,15). The Labute approximate surface area is 94.4 Å². The van der Waals surface area contributed by atoms with E-state index < -0.39 is 11.7 Å². The monoisotopic (exact) mass is 236 g/mol. The molecular formula is C10H8N2O3S.